The molecule has 6 rings (SSSR count). The van der Waals surface area contributed by atoms with Crippen molar-refractivity contribution < 1.29 is 19.2 Å². The number of rotatable bonds is 10. The Hall–Kier alpha value is -5.23. The van der Waals surface area contributed by atoms with Crippen LogP contribution in [-0.2, 0) is 25.6 Å². The van der Waals surface area contributed by atoms with Crippen molar-refractivity contribution in [3.05, 3.63) is 78.6 Å². The molecule has 0 spiro atoms. The SMILES string of the molecule is CNC(C(=O)N1CCCC1C(=O)Nc1ccc2cc(-c3cnc(NC(=O)C4CCCN4C(=O)Cc4ccccc4)nc3)ccc2n1)C(C)C. The van der Waals surface area contributed by atoms with Gasteiger partial charge >= 0.3 is 0 Å². The third-order valence-electron chi connectivity index (χ3n) is 9.32. The Labute approximate surface area is 285 Å². The fraction of sp³-hybridized carbons (Fsp3) is 0.378. The quantitative estimate of drug-likeness (QED) is 0.231. The van der Waals surface area contributed by atoms with Crippen LogP contribution in [-0.4, -0.2) is 86.6 Å². The predicted molar refractivity (Wildman–Crippen MR) is 187 cm³/mol. The summed E-state index contributed by atoms with van der Waals surface area (Å²) in [6.07, 6.45) is 6.29. The van der Waals surface area contributed by atoms with Crippen molar-refractivity contribution >= 4 is 46.3 Å². The molecule has 2 aliphatic rings. The first-order chi connectivity index (χ1) is 23.7. The highest BCUT2D eigenvalue weighted by atomic mass is 16.2. The first-order valence-electron chi connectivity index (χ1n) is 16.9. The Balaban J connectivity index is 1.07. The molecule has 12 nitrogen and oxygen atoms in total. The summed E-state index contributed by atoms with van der Waals surface area (Å²) in [6, 6.07) is 17.4. The lowest BCUT2D eigenvalue weighted by Crippen LogP contribution is -2.52. The minimum Gasteiger partial charge on any atom is -0.330 e. The molecule has 2 aromatic carbocycles. The molecule has 2 aromatic heterocycles. The molecular weight excluding hydrogens is 620 g/mol. The number of fused-ring (bicyclic) bond motifs is 1. The van der Waals surface area contributed by atoms with Crippen LogP contribution in [0.3, 0.4) is 0 Å². The van der Waals surface area contributed by atoms with Gasteiger partial charge in [-0.05, 0) is 74.0 Å². The number of nitrogens with one attached hydrogen (secondary N) is 3. The monoisotopic (exact) mass is 662 g/mol. The summed E-state index contributed by atoms with van der Waals surface area (Å²) in [7, 11) is 1.77. The van der Waals surface area contributed by atoms with Crippen LogP contribution in [0.2, 0.25) is 0 Å². The summed E-state index contributed by atoms with van der Waals surface area (Å²) in [4.78, 5) is 69.2. The summed E-state index contributed by atoms with van der Waals surface area (Å²) in [5.74, 6) is 0.0398. The van der Waals surface area contributed by atoms with E-state index in [9.17, 15) is 19.2 Å². The van der Waals surface area contributed by atoms with Gasteiger partial charge in [-0.25, -0.2) is 15.0 Å². The zero-order valence-corrected chi connectivity index (χ0v) is 28.1. The number of anilines is 2. The number of likely N-dealkylation sites (tertiary alicyclic amines) is 2. The van der Waals surface area contributed by atoms with Gasteiger partial charge in [-0.1, -0.05) is 50.2 Å². The normalized spacial score (nSPS) is 18.1. The number of aromatic nitrogens is 3. The number of hydrogen-bond donors (Lipinski definition) is 3. The lowest BCUT2D eigenvalue weighted by molar-refractivity contribution is -0.139. The Kier molecular flexibility index (Phi) is 10.2. The molecule has 4 amide bonds. The van der Waals surface area contributed by atoms with Crippen molar-refractivity contribution in [2.45, 2.75) is 64.1 Å². The van der Waals surface area contributed by atoms with Crippen molar-refractivity contribution in [3.8, 4) is 11.1 Å². The maximum absolute atomic E-state index is 13.2. The molecule has 49 heavy (non-hydrogen) atoms. The average Bonchev–Trinajstić information content (AvgIpc) is 3.80. The molecule has 2 aliphatic heterocycles. The molecule has 3 N–H and O–H groups in total. The Morgan fingerprint density at radius 3 is 2.18 bits per heavy atom. The maximum atomic E-state index is 13.2. The van der Waals surface area contributed by atoms with Crippen LogP contribution in [0, 0.1) is 5.92 Å². The second-order valence-corrected chi connectivity index (χ2v) is 13.0. The number of nitrogens with zero attached hydrogens (tertiary/aromatic N) is 5. The molecular formula is C37H42N8O4. The summed E-state index contributed by atoms with van der Waals surface area (Å²) in [5, 5.41) is 9.64. The lowest BCUT2D eigenvalue weighted by Gasteiger charge is -2.29. The molecule has 12 heteroatoms. The molecule has 3 unspecified atom stereocenters. The highest BCUT2D eigenvalue weighted by Gasteiger charge is 2.38. The van der Waals surface area contributed by atoms with E-state index in [2.05, 4.69) is 30.9 Å². The first-order valence-corrected chi connectivity index (χ1v) is 16.9. The number of benzene rings is 2. The number of carbonyl (C=O) groups excluding carboxylic acids is 4. The summed E-state index contributed by atoms with van der Waals surface area (Å²) >= 11 is 0. The lowest BCUT2D eigenvalue weighted by atomic mass is 10.0. The van der Waals surface area contributed by atoms with Crippen LogP contribution in [0.25, 0.3) is 22.0 Å². The standard InChI is InChI=1S/C37H42N8O4/c1-23(2)33(38-3)36(49)45-18-8-12-30(45)34(47)42-31-16-14-26-20-25(13-15-28(26)41-31)27-21-39-37(40-22-27)43-35(48)29-11-7-17-44(29)32(46)19-24-9-5-4-6-10-24/h4-6,9-10,13-16,20-23,29-30,33,38H,7-8,11-12,17-19H2,1-3H3,(H,41,42,47)(H,39,40,43,48). The van der Waals surface area contributed by atoms with Crippen LogP contribution in [0.1, 0.15) is 45.1 Å². The van der Waals surface area contributed by atoms with Crippen molar-refractivity contribution in [2.75, 3.05) is 30.8 Å². The van der Waals surface area contributed by atoms with Gasteiger partial charge in [0, 0.05) is 36.4 Å². The van der Waals surface area contributed by atoms with E-state index in [0.717, 1.165) is 34.9 Å². The highest BCUT2D eigenvalue weighted by Crippen LogP contribution is 2.26. The smallest absolute Gasteiger partial charge is 0.249 e. The van der Waals surface area contributed by atoms with Crippen LogP contribution in [0.5, 0.6) is 0 Å². The van der Waals surface area contributed by atoms with Crippen LogP contribution < -0.4 is 16.0 Å². The van der Waals surface area contributed by atoms with Crippen molar-refractivity contribution in [1.82, 2.24) is 30.1 Å². The van der Waals surface area contributed by atoms with Crippen molar-refractivity contribution in [1.29, 1.82) is 0 Å². The van der Waals surface area contributed by atoms with Gasteiger partial charge in [0.1, 0.15) is 17.9 Å². The van der Waals surface area contributed by atoms with Gasteiger partial charge in [-0.15, -0.1) is 0 Å². The Morgan fingerprint density at radius 1 is 0.816 bits per heavy atom. The van der Waals surface area contributed by atoms with Crippen LogP contribution >= 0.6 is 0 Å². The zero-order chi connectivity index (χ0) is 34.5. The van der Waals surface area contributed by atoms with E-state index in [0.29, 0.717) is 37.3 Å². The molecule has 4 aromatic rings. The molecule has 254 valence electrons. The minimum atomic E-state index is -0.558. The third-order valence-corrected chi connectivity index (χ3v) is 9.32. The van der Waals surface area contributed by atoms with E-state index < -0.39 is 12.1 Å². The summed E-state index contributed by atoms with van der Waals surface area (Å²) in [6.45, 7) is 5.08. The number of carbonyl (C=O) groups is 4. The molecule has 0 saturated carbocycles. The van der Waals surface area contributed by atoms with Crippen LogP contribution in [0.15, 0.2) is 73.1 Å². The minimum absolute atomic E-state index is 0.0555. The van der Waals surface area contributed by atoms with Gasteiger partial charge in [0.05, 0.1) is 18.0 Å². The van der Waals surface area contributed by atoms with E-state index >= 15 is 0 Å². The molecule has 0 radical (unpaired) electrons. The van der Waals surface area contributed by atoms with Gasteiger partial charge < -0.3 is 20.4 Å². The van der Waals surface area contributed by atoms with Crippen molar-refractivity contribution in [2.24, 2.45) is 5.92 Å². The molecule has 0 bridgehead atoms. The second-order valence-electron chi connectivity index (χ2n) is 13.0. The Morgan fingerprint density at radius 2 is 1.49 bits per heavy atom. The van der Waals surface area contributed by atoms with E-state index in [1.54, 1.807) is 35.3 Å². The first kappa shape index (κ1) is 33.7. The van der Waals surface area contributed by atoms with E-state index in [-0.39, 0.29) is 48.0 Å². The maximum Gasteiger partial charge on any atom is 0.249 e. The number of amides is 4. The molecule has 4 heterocycles. The van der Waals surface area contributed by atoms with Gasteiger partial charge in [0.15, 0.2) is 0 Å². The van der Waals surface area contributed by atoms with Crippen LogP contribution in [0.4, 0.5) is 11.8 Å². The number of likely N-dealkylation sites (N-methyl/N-ethyl adjacent to an activating group) is 1. The zero-order valence-electron chi connectivity index (χ0n) is 28.1. The van der Waals surface area contributed by atoms with Gasteiger partial charge in [0.25, 0.3) is 0 Å². The predicted octanol–water partition coefficient (Wildman–Crippen LogP) is 4.04. The molecule has 0 aliphatic carbocycles. The van der Waals surface area contributed by atoms with Gasteiger partial charge in [-0.3, -0.25) is 24.5 Å². The second kappa shape index (κ2) is 14.9. The van der Waals surface area contributed by atoms with E-state index in [1.165, 1.54) is 0 Å². The summed E-state index contributed by atoms with van der Waals surface area (Å²) in [5.41, 5.74) is 3.23. The van der Waals surface area contributed by atoms with Crippen molar-refractivity contribution in [3.63, 3.8) is 0 Å². The molecule has 3 atom stereocenters. The van der Waals surface area contributed by atoms with E-state index in [1.807, 2.05) is 68.4 Å². The number of pyridine rings is 1. The molecule has 2 fully saturated rings. The Bertz CT molecular complexity index is 1830. The topological polar surface area (TPSA) is 150 Å². The fourth-order valence-corrected chi connectivity index (χ4v) is 6.75. The highest BCUT2D eigenvalue weighted by molar-refractivity contribution is 5.99. The summed E-state index contributed by atoms with van der Waals surface area (Å²) < 4.78 is 0. The largest absolute Gasteiger partial charge is 0.330 e. The third kappa shape index (κ3) is 7.59. The van der Waals surface area contributed by atoms with Gasteiger partial charge in [-0.2, -0.15) is 0 Å². The van der Waals surface area contributed by atoms with Gasteiger partial charge in [0.2, 0.25) is 29.6 Å². The fourth-order valence-electron chi connectivity index (χ4n) is 6.75. The molecule has 2 saturated heterocycles. The number of hydrogen-bond acceptors (Lipinski definition) is 8. The van der Waals surface area contributed by atoms with E-state index in [4.69, 9.17) is 0 Å². The average molecular weight is 663 g/mol.